The van der Waals surface area contributed by atoms with Gasteiger partial charge in [-0.1, -0.05) is 11.3 Å². The Hall–Kier alpha value is -4.00. The molecule has 13 heteroatoms. The lowest BCUT2D eigenvalue weighted by atomic mass is 10.2. The molecule has 36 heavy (non-hydrogen) atoms. The minimum absolute atomic E-state index is 0.0403. The number of nitrogens with zero attached hydrogens (tertiary/aromatic N) is 4. The summed E-state index contributed by atoms with van der Waals surface area (Å²) in [5, 5.41) is 6.27. The van der Waals surface area contributed by atoms with Crippen LogP contribution in [0, 0.1) is 0 Å². The maximum atomic E-state index is 12.8. The number of carbonyl (C=O) groups is 2. The summed E-state index contributed by atoms with van der Waals surface area (Å²) in [7, 11) is 0. The zero-order chi connectivity index (χ0) is 25.9. The normalized spacial score (nSPS) is 12.4. The van der Waals surface area contributed by atoms with E-state index in [0.717, 1.165) is 17.0 Å². The van der Waals surface area contributed by atoms with Crippen LogP contribution in [0.1, 0.15) is 40.8 Å². The molecule has 4 aromatic rings. The second-order valence-electron chi connectivity index (χ2n) is 7.70. The van der Waals surface area contributed by atoms with E-state index in [9.17, 15) is 22.8 Å². The van der Waals surface area contributed by atoms with Crippen molar-refractivity contribution in [1.29, 1.82) is 0 Å². The molecule has 1 amide bonds. The summed E-state index contributed by atoms with van der Waals surface area (Å²) in [6.07, 6.45) is 0.110. The van der Waals surface area contributed by atoms with Crippen LogP contribution < -0.4 is 10.6 Å². The van der Waals surface area contributed by atoms with Crippen molar-refractivity contribution in [2.75, 3.05) is 11.9 Å². The van der Waals surface area contributed by atoms with Crippen molar-refractivity contribution >= 4 is 45.1 Å². The number of carbonyl (C=O) groups excluding carboxylic acids is 2. The van der Waals surface area contributed by atoms with Crippen LogP contribution in [-0.2, 0) is 22.3 Å². The minimum Gasteiger partial charge on any atom is -0.465 e. The van der Waals surface area contributed by atoms with Crippen molar-refractivity contribution in [2.45, 2.75) is 32.6 Å². The van der Waals surface area contributed by atoms with Gasteiger partial charge in [0.2, 0.25) is 0 Å². The van der Waals surface area contributed by atoms with E-state index in [-0.39, 0.29) is 18.8 Å². The van der Waals surface area contributed by atoms with Gasteiger partial charge in [0, 0.05) is 16.8 Å². The van der Waals surface area contributed by atoms with Crippen LogP contribution in [0.25, 0.3) is 11.0 Å². The first kappa shape index (κ1) is 25.1. The van der Waals surface area contributed by atoms with E-state index in [0.29, 0.717) is 21.9 Å². The number of aromatic nitrogens is 4. The predicted molar refractivity (Wildman–Crippen MR) is 127 cm³/mol. The van der Waals surface area contributed by atoms with Gasteiger partial charge < -0.3 is 19.9 Å². The summed E-state index contributed by atoms with van der Waals surface area (Å²) in [4.78, 5) is 38.0. The Kier molecular flexibility index (Phi) is 7.20. The molecule has 1 atom stereocenters. The summed E-state index contributed by atoms with van der Waals surface area (Å²) in [5.41, 5.74) is 0.965. The minimum atomic E-state index is -4.40. The molecule has 9 nitrogen and oxygen atoms in total. The molecule has 1 unspecified atom stereocenters. The molecule has 1 aromatic carbocycles. The third-order valence-electron chi connectivity index (χ3n) is 5.11. The first-order valence-electron chi connectivity index (χ1n) is 10.8. The Balaban J connectivity index is 1.41. The van der Waals surface area contributed by atoms with Gasteiger partial charge in [0.15, 0.2) is 5.13 Å². The Morgan fingerprint density at radius 3 is 2.58 bits per heavy atom. The molecule has 4 rings (SSSR count). The fourth-order valence-electron chi connectivity index (χ4n) is 3.31. The molecule has 2 N–H and O–H groups in total. The van der Waals surface area contributed by atoms with Crippen molar-refractivity contribution in [2.24, 2.45) is 0 Å². The number of halogens is 3. The van der Waals surface area contributed by atoms with E-state index >= 15 is 0 Å². The second kappa shape index (κ2) is 10.3. The van der Waals surface area contributed by atoms with E-state index in [1.165, 1.54) is 36.0 Å². The Bertz CT molecular complexity index is 1380. The summed E-state index contributed by atoms with van der Waals surface area (Å²) in [6.45, 7) is 3.71. The van der Waals surface area contributed by atoms with E-state index in [2.05, 4.69) is 25.6 Å². The number of alkyl halides is 3. The van der Waals surface area contributed by atoms with Crippen LogP contribution in [0.4, 0.5) is 24.0 Å². The highest BCUT2D eigenvalue weighted by molar-refractivity contribution is 7.15. The second-order valence-corrected chi connectivity index (χ2v) is 8.76. The van der Waals surface area contributed by atoms with E-state index in [1.54, 1.807) is 30.7 Å². The van der Waals surface area contributed by atoms with Gasteiger partial charge in [-0.2, -0.15) is 13.2 Å². The van der Waals surface area contributed by atoms with Crippen molar-refractivity contribution in [1.82, 2.24) is 24.8 Å². The van der Waals surface area contributed by atoms with Crippen LogP contribution in [0.5, 0.6) is 0 Å². The van der Waals surface area contributed by atoms with Gasteiger partial charge in [-0.05, 0) is 44.2 Å². The molecule has 0 radical (unpaired) electrons. The van der Waals surface area contributed by atoms with E-state index in [4.69, 9.17) is 4.74 Å². The predicted octanol–water partition coefficient (Wildman–Crippen LogP) is 4.70. The average molecular weight is 519 g/mol. The third-order valence-corrected chi connectivity index (χ3v) is 6.20. The Morgan fingerprint density at radius 2 is 1.89 bits per heavy atom. The number of fused-ring (bicyclic) bond motifs is 1. The maximum Gasteiger partial charge on any atom is 0.416 e. The molecular weight excluding hydrogens is 497 g/mol. The number of anilines is 2. The van der Waals surface area contributed by atoms with E-state index in [1.807, 2.05) is 0 Å². The number of ether oxygens (including phenoxy) is 1. The quantitative estimate of drug-likeness (QED) is 0.325. The Morgan fingerprint density at radius 1 is 1.14 bits per heavy atom. The first-order valence-corrected chi connectivity index (χ1v) is 11.6. The molecule has 0 aliphatic rings. The van der Waals surface area contributed by atoms with Crippen LogP contribution in [0.3, 0.4) is 0 Å². The smallest absolute Gasteiger partial charge is 0.416 e. The van der Waals surface area contributed by atoms with Gasteiger partial charge in [0.1, 0.15) is 17.8 Å². The highest BCUT2D eigenvalue weighted by Gasteiger charge is 2.30. The standard InChI is InChI=1S/C23H21F3N6O3S/c1-3-35-20(33)11-32-12-29-17-9-27-16(8-18(17)32)21(34)30-13(2)19-10-28-22(36-19)31-15-6-4-14(5-7-15)23(24,25)26/h4-10,12-13H,3,11H2,1-2H3,(H,28,31)(H,30,34). The number of rotatable bonds is 8. The van der Waals surface area contributed by atoms with Crippen LogP contribution >= 0.6 is 11.3 Å². The van der Waals surface area contributed by atoms with Gasteiger partial charge in [0.25, 0.3) is 5.91 Å². The number of benzene rings is 1. The monoisotopic (exact) mass is 518 g/mol. The molecule has 0 fully saturated rings. The fraction of sp³-hybridized carbons (Fsp3) is 0.261. The first-order chi connectivity index (χ1) is 17.1. The van der Waals surface area contributed by atoms with Gasteiger partial charge in [-0.3, -0.25) is 9.59 Å². The number of imidazole rings is 1. The lowest BCUT2D eigenvalue weighted by Gasteiger charge is -2.11. The number of pyridine rings is 1. The largest absolute Gasteiger partial charge is 0.465 e. The fourth-order valence-corrected chi connectivity index (χ4v) is 4.15. The lowest BCUT2D eigenvalue weighted by molar-refractivity contribution is -0.143. The van der Waals surface area contributed by atoms with Crippen molar-refractivity contribution in [3.8, 4) is 0 Å². The maximum absolute atomic E-state index is 12.8. The molecule has 0 saturated carbocycles. The molecule has 3 heterocycles. The average Bonchev–Trinajstić information content (AvgIpc) is 3.46. The van der Waals surface area contributed by atoms with Crippen LogP contribution in [-0.4, -0.2) is 38.0 Å². The van der Waals surface area contributed by atoms with Crippen molar-refractivity contribution in [3.05, 3.63) is 65.2 Å². The molecule has 0 bridgehead atoms. The summed E-state index contributed by atoms with van der Waals surface area (Å²) < 4.78 is 44.7. The summed E-state index contributed by atoms with van der Waals surface area (Å²) in [5.74, 6) is -0.849. The molecule has 0 saturated heterocycles. The van der Waals surface area contributed by atoms with E-state index < -0.39 is 29.7 Å². The zero-order valence-electron chi connectivity index (χ0n) is 19.2. The van der Waals surface area contributed by atoms with Crippen molar-refractivity contribution < 1.29 is 27.5 Å². The topological polar surface area (TPSA) is 111 Å². The summed E-state index contributed by atoms with van der Waals surface area (Å²) in [6, 6.07) is 5.76. The van der Waals surface area contributed by atoms with Gasteiger partial charge in [-0.25, -0.2) is 15.0 Å². The molecule has 0 spiro atoms. The Labute approximate surface area is 207 Å². The SMILES string of the molecule is CCOC(=O)Cn1cnc2cnc(C(=O)NC(C)c3cnc(Nc4ccc(C(F)(F)F)cc4)s3)cc21. The highest BCUT2D eigenvalue weighted by atomic mass is 32.1. The highest BCUT2D eigenvalue weighted by Crippen LogP contribution is 2.31. The number of hydrogen-bond donors (Lipinski definition) is 2. The van der Waals surface area contributed by atoms with Crippen LogP contribution in [0.15, 0.2) is 49.1 Å². The molecule has 3 aromatic heterocycles. The third kappa shape index (κ3) is 5.79. The lowest BCUT2D eigenvalue weighted by Crippen LogP contribution is -2.27. The van der Waals surface area contributed by atoms with Crippen molar-refractivity contribution in [3.63, 3.8) is 0 Å². The molecular formula is C23H21F3N6O3S. The van der Waals surface area contributed by atoms with Gasteiger partial charge >= 0.3 is 12.1 Å². The number of hydrogen-bond acceptors (Lipinski definition) is 8. The molecule has 0 aliphatic carbocycles. The number of esters is 1. The molecule has 0 aliphatic heterocycles. The van der Waals surface area contributed by atoms with Gasteiger partial charge in [-0.15, -0.1) is 0 Å². The summed E-state index contributed by atoms with van der Waals surface area (Å²) >= 11 is 1.26. The molecule has 188 valence electrons. The number of nitrogens with one attached hydrogen (secondary N) is 2. The van der Waals surface area contributed by atoms with Gasteiger partial charge in [0.05, 0.1) is 36.3 Å². The number of thiazole rings is 1. The number of amides is 1. The van der Waals surface area contributed by atoms with Crippen LogP contribution in [0.2, 0.25) is 0 Å². The zero-order valence-corrected chi connectivity index (χ0v) is 20.0.